The number of aromatic nitrogens is 2. The molecule has 1 atom stereocenters. The number of carbonyl (C=O) groups is 1. The van der Waals surface area contributed by atoms with Crippen molar-refractivity contribution in [2.45, 2.75) is 26.0 Å². The van der Waals surface area contributed by atoms with Gasteiger partial charge in [-0.2, -0.15) is 11.8 Å². The average molecular weight is 253 g/mol. The van der Waals surface area contributed by atoms with Crippen LogP contribution in [0.4, 0.5) is 0 Å². The lowest BCUT2D eigenvalue weighted by molar-refractivity contribution is 0.0945. The van der Waals surface area contributed by atoms with Crippen LogP contribution >= 0.6 is 11.8 Å². The van der Waals surface area contributed by atoms with E-state index in [0.717, 1.165) is 0 Å². The van der Waals surface area contributed by atoms with Crippen molar-refractivity contribution in [3.63, 3.8) is 0 Å². The number of nitrogens with one attached hydrogen (secondary N) is 1. The van der Waals surface area contributed by atoms with E-state index in [1.54, 1.807) is 18.0 Å². The Morgan fingerprint density at radius 2 is 2.18 bits per heavy atom. The molecule has 17 heavy (non-hydrogen) atoms. The molecule has 1 amide bonds. The normalized spacial score (nSPS) is 13.2. The standard InChI is InChI=1S/C12H19N3OS/c1-12(2,3)10(17-4)8-15-11(16)9-7-13-5-6-14-9/h5-7,10H,8H2,1-4H3,(H,15,16). The third kappa shape index (κ3) is 4.34. The smallest absolute Gasteiger partial charge is 0.271 e. The first-order chi connectivity index (χ1) is 7.95. The van der Waals surface area contributed by atoms with Crippen LogP contribution in [0.3, 0.4) is 0 Å². The predicted octanol–water partition coefficient (Wildman–Crippen LogP) is 1.98. The number of rotatable bonds is 4. The Bertz CT molecular complexity index is 362. The molecule has 0 aliphatic rings. The summed E-state index contributed by atoms with van der Waals surface area (Å²) in [6.45, 7) is 7.15. The third-order valence-electron chi connectivity index (χ3n) is 2.49. The van der Waals surface area contributed by atoms with Crippen LogP contribution in [-0.2, 0) is 0 Å². The van der Waals surface area contributed by atoms with Gasteiger partial charge in [0.25, 0.3) is 5.91 Å². The van der Waals surface area contributed by atoms with Gasteiger partial charge in [0.1, 0.15) is 5.69 Å². The van der Waals surface area contributed by atoms with Gasteiger partial charge in [0.2, 0.25) is 0 Å². The number of nitrogens with zero attached hydrogens (tertiary/aromatic N) is 2. The zero-order valence-electron chi connectivity index (χ0n) is 10.7. The van der Waals surface area contributed by atoms with Crippen molar-refractivity contribution in [1.82, 2.24) is 15.3 Å². The number of amides is 1. The maximum absolute atomic E-state index is 11.8. The van der Waals surface area contributed by atoms with E-state index in [4.69, 9.17) is 0 Å². The SMILES string of the molecule is CSC(CNC(=O)c1cnccn1)C(C)(C)C. The quantitative estimate of drug-likeness (QED) is 0.891. The average Bonchev–Trinajstić information content (AvgIpc) is 2.29. The van der Waals surface area contributed by atoms with E-state index in [1.807, 2.05) is 0 Å². The van der Waals surface area contributed by atoms with Crippen LogP contribution in [0.1, 0.15) is 31.3 Å². The van der Waals surface area contributed by atoms with Crippen LogP contribution in [0.5, 0.6) is 0 Å². The van der Waals surface area contributed by atoms with Crippen LogP contribution in [0, 0.1) is 5.41 Å². The Hall–Kier alpha value is -1.10. The fourth-order valence-electron chi connectivity index (χ4n) is 1.44. The summed E-state index contributed by atoms with van der Waals surface area (Å²) in [6.07, 6.45) is 6.60. The van der Waals surface area contributed by atoms with Gasteiger partial charge in [-0.05, 0) is 11.7 Å². The number of carbonyl (C=O) groups excluding carboxylic acids is 1. The largest absolute Gasteiger partial charge is 0.350 e. The second kappa shape index (κ2) is 6.00. The minimum Gasteiger partial charge on any atom is -0.350 e. The first-order valence-electron chi connectivity index (χ1n) is 5.52. The molecule has 4 nitrogen and oxygen atoms in total. The molecule has 1 rings (SSSR count). The highest BCUT2D eigenvalue weighted by molar-refractivity contribution is 7.99. The van der Waals surface area contributed by atoms with Crippen molar-refractivity contribution in [2.24, 2.45) is 5.41 Å². The van der Waals surface area contributed by atoms with Crippen molar-refractivity contribution < 1.29 is 4.79 Å². The molecule has 0 spiro atoms. The van der Waals surface area contributed by atoms with E-state index in [2.05, 4.69) is 42.3 Å². The Kier molecular flexibility index (Phi) is 4.93. The maximum atomic E-state index is 11.8. The van der Waals surface area contributed by atoms with Crippen LogP contribution in [0.25, 0.3) is 0 Å². The number of hydrogen-bond donors (Lipinski definition) is 1. The lowest BCUT2D eigenvalue weighted by atomic mass is 9.91. The predicted molar refractivity (Wildman–Crippen MR) is 71.1 cm³/mol. The van der Waals surface area contributed by atoms with Crippen LogP contribution in [0.2, 0.25) is 0 Å². The topological polar surface area (TPSA) is 54.9 Å². The van der Waals surface area contributed by atoms with Gasteiger partial charge in [-0.3, -0.25) is 9.78 Å². The van der Waals surface area contributed by atoms with E-state index >= 15 is 0 Å². The summed E-state index contributed by atoms with van der Waals surface area (Å²) in [6, 6.07) is 0. The molecule has 1 unspecified atom stereocenters. The molecular formula is C12H19N3OS. The number of thioether (sulfide) groups is 1. The Morgan fingerprint density at radius 3 is 2.65 bits per heavy atom. The molecule has 1 heterocycles. The second-order valence-corrected chi connectivity index (χ2v) is 5.93. The molecule has 5 heteroatoms. The lowest BCUT2D eigenvalue weighted by Crippen LogP contribution is -2.37. The van der Waals surface area contributed by atoms with Crippen LogP contribution in [-0.4, -0.2) is 33.9 Å². The lowest BCUT2D eigenvalue weighted by Gasteiger charge is -2.29. The van der Waals surface area contributed by atoms with Gasteiger partial charge in [0.05, 0.1) is 6.20 Å². The van der Waals surface area contributed by atoms with Crippen molar-refractivity contribution in [3.8, 4) is 0 Å². The molecule has 0 fully saturated rings. The monoisotopic (exact) mass is 253 g/mol. The fraction of sp³-hybridized carbons (Fsp3) is 0.583. The van der Waals surface area contributed by atoms with E-state index in [0.29, 0.717) is 17.5 Å². The fourth-order valence-corrected chi connectivity index (χ4v) is 2.39. The van der Waals surface area contributed by atoms with E-state index in [1.165, 1.54) is 12.4 Å². The van der Waals surface area contributed by atoms with Crippen molar-refractivity contribution in [3.05, 3.63) is 24.3 Å². The van der Waals surface area contributed by atoms with Gasteiger partial charge in [-0.15, -0.1) is 0 Å². The summed E-state index contributed by atoms with van der Waals surface area (Å²) in [5.74, 6) is -0.165. The van der Waals surface area contributed by atoms with Crippen molar-refractivity contribution in [2.75, 3.05) is 12.8 Å². The Balaban J connectivity index is 2.54. The molecule has 0 aliphatic heterocycles. The first-order valence-corrected chi connectivity index (χ1v) is 6.81. The van der Waals surface area contributed by atoms with Gasteiger partial charge in [0, 0.05) is 24.2 Å². The van der Waals surface area contributed by atoms with E-state index in [9.17, 15) is 4.79 Å². The molecule has 0 aromatic carbocycles. The Morgan fingerprint density at radius 1 is 1.47 bits per heavy atom. The minimum atomic E-state index is -0.165. The molecule has 94 valence electrons. The third-order valence-corrected chi connectivity index (χ3v) is 3.94. The molecule has 0 bridgehead atoms. The molecule has 1 N–H and O–H groups in total. The second-order valence-electron chi connectivity index (χ2n) is 4.89. The molecule has 0 aliphatic carbocycles. The Labute approximate surface area is 107 Å². The highest BCUT2D eigenvalue weighted by atomic mass is 32.2. The van der Waals surface area contributed by atoms with Gasteiger partial charge in [-0.25, -0.2) is 4.98 Å². The summed E-state index contributed by atoms with van der Waals surface area (Å²) in [7, 11) is 0. The summed E-state index contributed by atoms with van der Waals surface area (Å²) < 4.78 is 0. The highest BCUT2D eigenvalue weighted by Crippen LogP contribution is 2.27. The van der Waals surface area contributed by atoms with E-state index < -0.39 is 0 Å². The van der Waals surface area contributed by atoms with Crippen molar-refractivity contribution in [1.29, 1.82) is 0 Å². The van der Waals surface area contributed by atoms with Crippen LogP contribution < -0.4 is 5.32 Å². The van der Waals surface area contributed by atoms with Crippen molar-refractivity contribution >= 4 is 17.7 Å². The summed E-state index contributed by atoms with van der Waals surface area (Å²) in [5, 5.41) is 3.27. The van der Waals surface area contributed by atoms with Gasteiger partial charge < -0.3 is 5.32 Å². The molecule has 1 aromatic heterocycles. The van der Waals surface area contributed by atoms with Gasteiger partial charge >= 0.3 is 0 Å². The molecule has 0 saturated heterocycles. The van der Waals surface area contributed by atoms with Crippen LogP contribution in [0.15, 0.2) is 18.6 Å². The first kappa shape index (κ1) is 14.0. The van der Waals surface area contributed by atoms with E-state index in [-0.39, 0.29) is 11.3 Å². The summed E-state index contributed by atoms with van der Waals surface area (Å²) in [5.41, 5.74) is 0.524. The molecule has 0 saturated carbocycles. The zero-order valence-corrected chi connectivity index (χ0v) is 11.5. The minimum absolute atomic E-state index is 0.162. The molecule has 1 aromatic rings. The van der Waals surface area contributed by atoms with Gasteiger partial charge in [0.15, 0.2) is 0 Å². The zero-order chi connectivity index (χ0) is 12.9. The maximum Gasteiger partial charge on any atom is 0.271 e. The molecule has 0 radical (unpaired) electrons. The summed E-state index contributed by atoms with van der Waals surface area (Å²) >= 11 is 1.76. The molecular weight excluding hydrogens is 234 g/mol. The number of hydrogen-bond acceptors (Lipinski definition) is 4. The highest BCUT2D eigenvalue weighted by Gasteiger charge is 2.24. The summed E-state index contributed by atoms with van der Waals surface area (Å²) in [4.78, 5) is 19.6. The van der Waals surface area contributed by atoms with Gasteiger partial charge in [-0.1, -0.05) is 20.8 Å².